The van der Waals surface area contributed by atoms with Crippen molar-refractivity contribution in [2.75, 3.05) is 64.3 Å². The third-order valence-electron chi connectivity index (χ3n) is 10.7. The van der Waals surface area contributed by atoms with Crippen molar-refractivity contribution in [3.8, 4) is 22.6 Å². The summed E-state index contributed by atoms with van der Waals surface area (Å²) in [5.41, 5.74) is 5.25. The molecule has 0 amide bonds. The molecule has 52 heavy (non-hydrogen) atoms. The molecule has 11 heteroatoms. The van der Waals surface area contributed by atoms with Crippen molar-refractivity contribution in [3.63, 3.8) is 0 Å². The van der Waals surface area contributed by atoms with Crippen LogP contribution < -0.4 is 43.7 Å². The van der Waals surface area contributed by atoms with E-state index in [4.69, 9.17) is 9.47 Å². The number of Topliss-reactive ketones (excluding diaryl/α,β-unsaturated/α-hetero) is 2. The zero-order valence-electron chi connectivity index (χ0n) is 31.6. The number of rotatable bonds is 10. The van der Waals surface area contributed by atoms with E-state index in [-0.39, 0.29) is 47.8 Å². The number of carbonyl (C=O) groups is 2. The van der Waals surface area contributed by atoms with Gasteiger partial charge < -0.3 is 49.0 Å². The van der Waals surface area contributed by atoms with Crippen LogP contribution in [0.5, 0.6) is 11.5 Å². The zero-order chi connectivity index (χ0) is 36.6. The van der Waals surface area contributed by atoms with Gasteiger partial charge in [-0.05, 0) is 60.5 Å². The third kappa shape index (κ3) is 7.39. The summed E-state index contributed by atoms with van der Waals surface area (Å²) < 4.78 is 13.2. The fraction of sp³-hybridized carbons (Fsp3) is 0.390. The van der Waals surface area contributed by atoms with E-state index in [1.807, 2.05) is 55.5 Å². The Balaban J connectivity index is 0.000000223. The van der Waals surface area contributed by atoms with Gasteiger partial charge in [-0.1, -0.05) is 0 Å². The van der Waals surface area contributed by atoms with E-state index >= 15 is 0 Å². The molecular formula is C41H48LiN5O5-2. The van der Waals surface area contributed by atoms with Gasteiger partial charge in [0.15, 0.2) is 11.6 Å². The summed E-state index contributed by atoms with van der Waals surface area (Å²) in [6.07, 6.45) is 7.58. The largest absolute Gasteiger partial charge is 1.00 e. The minimum absolute atomic E-state index is 0. The predicted molar refractivity (Wildman–Crippen MR) is 203 cm³/mol. The number of anilines is 2. The minimum Gasteiger partial charge on any atom is -0.496 e. The fourth-order valence-electron chi connectivity index (χ4n) is 7.22. The maximum Gasteiger partial charge on any atom is 1.00 e. The first-order valence-corrected chi connectivity index (χ1v) is 17.4. The van der Waals surface area contributed by atoms with Crippen LogP contribution in [-0.2, 0) is 13.6 Å². The molecular weight excluding hydrogens is 649 g/mol. The molecule has 4 aromatic rings. The first kappa shape index (κ1) is 39.1. The molecule has 0 N–H and O–H groups in total. The number of benzene rings is 2. The van der Waals surface area contributed by atoms with E-state index in [9.17, 15) is 14.4 Å². The van der Waals surface area contributed by atoms with Crippen molar-refractivity contribution in [1.82, 2.24) is 14.5 Å². The molecule has 0 saturated carbocycles. The van der Waals surface area contributed by atoms with Crippen molar-refractivity contribution in [1.29, 1.82) is 0 Å². The molecule has 4 heterocycles. The Bertz CT molecular complexity index is 2000. The van der Waals surface area contributed by atoms with E-state index in [1.54, 1.807) is 38.1 Å². The van der Waals surface area contributed by atoms with E-state index in [0.717, 1.165) is 90.6 Å². The SMILES string of the molecule is C[CH-]C1CN(Cc2c(OC)cc(-c3cn(C)c(=O)c4cnc(N(C)C)cc34)cc2OC)C1.[CH2-]CC1(C[CH2-])CN(c2ccc3c(c2)C(=O)CC3=O)C1.[Li+]. The topological polar surface area (TPSA) is 97.2 Å². The summed E-state index contributed by atoms with van der Waals surface area (Å²) >= 11 is 0. The van der Waals surface area contributed by atoms with E-state index < -0.39 is 0 Å². The maximum absolute atomic E-state index is 12.8. The molecule has 0 atom stereocenters. The Hall–Kier alpha value is -4.10. The Labute approximate surface area is 319 Å². The molecule has 2 aromatic carbocycles. The number of fused-ring (bicyclic) bond motifs is 2. The molecule has 3 aliphatic rings. The molecule has 2 aliphatic heterocycles. The molecule has 270 valence electrons. The summed E-state index contributed by atoms with van der Waals surface area (Å²) in [6, 6.07) is 11.6. The number of nitrogens with zero attached hydrogens (tertiary/aromatic N) is 5. The first-order valence-electron chi connectivity index (χ1n) is 17.4. The standard InChI is InChI=1S/C25H31N4O3.C16H17NO2.Li/c1-7-16-12-29(13-16)15-21-22(31-5)8-17(9-23(21)32-6)20-14-28(4)25(30)19-11-26-24(27(2)3)10-18(19)20;1-3-16(4-2)9-17(10-16)11-5-6-12-13(7-11)15(19)8-14(12)18;/h7-11,14,16H,12-13,15H2,1-6H3;5-7H,1-4,8-10H2;/q-1;-2;+1. The van der Waals surface area contributed by atoms with Crippen LogP contribution in [0.1, 0.15) is 52.5 Å². The Morgan fingerprint density at radius 2 is 1.56 bits per heavy atom. The van der Waals surface area contributed by atoms with Gasteiger partial charge in [0.25, 0.3) is 5.56 Å². The van der Waals surface area contributed by atoms with Crippen LogP contribution in [0.2, 0.25) is 0 Å². The van der Waals surface area contributed by atoms with Crippen LogP contribution in [0.3, 0.4) is 0 Å². The van der Waals surface area contributed by atoms with Crippen LogP contribution in [0.15, 0.2) is 53.6 Å². The predicted octanol–water partition coefficient (Wildman–Crippen LogP) is 3.05. The van der Waals surface area contributed by atoms with Crippen LogP contribution >= 0.6 is 0 Å². The molecule has 0 radical (unpaired) electrons. The van der Waals surface area contributed by atoms with E-state index in [0.29, 0.717) is 22.4 Å². The number of carbonyl (C=O) groups excluding carboxylic acids is 2. The van der Waals surface area contributed by atoms with Gasteiger partial charge in [-0.2, -0.15) is 19.8 Å². The number of likely N-dealkylation sites (tertiary alicyclic amines) is 1. The average molecular weight is 698 g/mol. The second-order valence-corrected chi connectivity index (χ2v) is 14.2. The number of aromatic nitrogens is 2. The Morgan fingerprint density at radius 3 is 2.13 bits per heavy atom. The summed E-state index contributed by atoms with van der Waals surface area (Å²) in [6.45, 7) is 14.8. The number of ether oxygens (including phenoxy) is 2. The second kappa shape index (κ2) is 15.9. The summed E-state index contributed by atoms with van der Waals surface area (Å²) in [7, 11) is 9.01. The van der Waals surface area contributed by atoms with Crippen molar-refractivity contribution in [2.24, 2.45) is 18.4 Å². The van der Waals surface area contributed by atoms with Crippen molar-refractivity contribution < 1.29 is 37.9 Å². The average Bonchev–Trinajstić information content (AvgIpc) is 3.39. The van der Waals surface area contributed by atoms with Gasteiger partial charge in [-0.25, -0.2) is 4.98 Å². The summed E-state index contributed by atoms with van der Waals surface area (Å²) in [5, 5.41) is 1.44. The van der Waals surface area contributed by atoms with Gasteiger partial charge >= 0.3 is 18.9 Å². The van der Waals surface area contributed by atoms with Crippen LogP contribution in [0.4, 0.5) is 11.5 Å². The van der Waals surface area contributed by atoms with Crippen molar-refractivity contribution in [3.05, 3.63) is 96.1 Å². The first-order chi connectivity index (χ1) is 24.4. The summed E-state index contributed by atoms with van der Waals surface area (Å²) in [5.74, 6) is 2.91. The maximum atomic E-state index is 12.8. The van der Waals surface area contributed by atoms with Crippen molar-refractivity contribution >= 4 is 33.8 Å². The normalized spacial score (nSPS) is 16.3. The molecule has 0 spiro atoms. The molecule has 1 aliphatic carbocycles. The van der Waals surface area contributed by atoms with Crippen LogP contribution in [0, 0.1) is 31.6 Å². The molecule has 0 bridgehead atoms. The van der Waals surface area contributed by atoms with Gasteiger partial charge in [0, 0.05) is 80.9 Å². The molecule has 0 unspecified atom stereocenters. The monoisotopic (exact) mass is 697 g/mol. The molecule has 2 saturated heterocycles. The van der Waals surface area contributed by atoms with Gasteiger partial charge in [0.1, 0.15) is 17.3 Å². The number of hydrogen-bond donors (Lipinski definition) is 0. The van der Waals surface area contributed by atoms with Crippen LogP contribution in [0.25, 0.3) is 21.9 Å². The molecule has 7 rings (SSSR count). The van der Waals surface area contributed by atoms with E-state index in [2.05, 4.69) is 42.0 Å². The fourth-order valence-corrected chi connectivity index (χ4v) is 7.22. The number of methoxy groups -OCH3 is 2. The number of pyridine rings is 2. The summed E-state index contributed by atoms with van der Waals surface area (Å²) in [4.78, 5) is 47.1. The van der Waals surface area contributed by atoms with Gasteiger partial charge in [-0.3, -0.25) is 14.4 Å². The smallest absolute Gasteiger partial charge is 0.496 e. The Morgan fingerprint density at radius 1 is 0.923 bits per heavy atom. The molecule has 2 fully saturated rings. The number of aryl methyl sites for hydroxylation is 1. The Kier molecular flexibility index (Phi) is 11.9. The zero-order valence-corrected chi connectivity index (χ0v) is 31.6. The minimum atomic E-state index is -0.0721. The van der Waals surface area contributed by atoms with Crippen molar-refractivity contribution in [2.45, 2.75) is 32.7 Å². The molecule has 2 aromatic heterocycles. The number of hydrogen-bond acceptors (Lipinski definition) is 9. The van der Waals surface area contributed by atoms with Gasteiger partial charge in [0.05, 0.1) is 31.6 Å². The second-order valence-electron chi connectivity index (χ2n) is 14.2. The molecule has 10 nitrogen and oxygen atoms in total. The van der Waals surface area contributed by atoms with Gasteiger partial charge in [-0.15, -0.1) is 5.92 Å². The number of ketones is 2. The third-order valence-corrected chi connectivity index (χ3v) is 10.7. The quantitative estimate of drug-likeness (QED) is 0.141. The van der Waals surface area contributed by atoms with E-state index in [1.165, 1.54) is 0 Å². The van der Waals surface area contributed by atoms with Crippen LogP contribution in [-0.4, -0.2) is 80.5 Å². The van der Waals surface area contributed by atoms with Gasteiger partial charge in [0.2, 0.25) is 0 Å².